The highest BCUT2D eigenvalue weighted by atomic mass is 16.4. The molecule has 12 heteroatoms. The van der Waals surface area contributed by atoms with Gasteiger partial charge >= 0.3 is 23.9 Å². The molecular weight excluding hydrogens is 460 g/mol. The molecule has 1 unspecified atom stereocenters. The minimum absolute atomic E-state index is 0.00689. The third-order valence-electron chi connectivity index (χ3n) is 6.31. The normalized spacial score (nSPS) is 20.2. The fourth-order valence-electron chi connectivity index (χ4n) is 4.53. The van der Waals surface area contributed by atoms with Crippen molar-refractivity contribution in [2.24, 2.45) is 11.8 Å². The van der Waals surface area contributed by atoms with Crippen LogP contribution in [0.25, 0.3) is 0 Å². The SMILES string of the molecule is CCC(C)CC1CN(CC(=O)O)CCN(CC(=O)O)CCCN(CC(=O)O)CCN(CC(=O)O)C1. The average molecular weight is 503 g/mol. The van der Waals surface area contributed by atoms with Crippen molar-refractivity contribution in [3.8, 4) is 0 Å². The van der Waals surface area contributed by atoms with Crippen LogP contribution in [0.1, 0.15) is 33.1 Å². The van der Waals surface area contributed by atoms with Gasteiger partial charge in [-0.3, -0.25) is 38.8 Å². The van der Waals surface area contributed by atoms with Crippen molar-refractivity contribution in [1.29, 1.82) is 0 Å². The van der Waals surface area contributed by atoms with E-state index in [0.717, 1.165) is 12.8 Å². The maximum Gasteiger partial charge on any atom is 0.317 e. The molecule has 1 heterocycles. The highest BCUT2D eigenvalue weighted by Gasteiger charge is 2.24. The zero-order valence-corrected chi connectivity index (χ0v) is 21.0. The molecule has 0 amide bonds. The third-order valence-corrected chi connectivity index (χ3v) is 6.31. The number of aliphatic carboxylic acids is 4. The summed E-state index contributed by atoms with van der Waals surface area (Å²) < 4.78 is 0. The Bertz CT molecular complexity index is 642. The number of hydrogen-bond acceptors (Lipinski definition) is 8. The highest BCUT2D eigenvalue weighted by molar-refractivity contribution is 5.70. The summed E-state index contributed by atoms with van der Waals surface area (Å²) in [5.41, 5.74) is 0. The Morgan fingerprint density at radius 1 is 0.657 bits per heavy atom. The molecule has 12 nitrogen and oxygen atoms in total. The molecule has 1 aliphatic rings. The lowest BCUT2D eigenvalue weighted by Gasteiger charge is -2.34. The van der Waals surface area contributed by atoms with Crippen LogP contribution in [-0.4, -0.2) is 142 Å². The van der Waals surface area contributed by atoms with Crippen LogP contribution in [0.4, 0.5) is 0 Å². The molecule has 1 fully saturated rings. The van der Waals surface area contributed by atoms with Crippen molar-refractivity contribution >= 4 is 23.9 Å². The van der Waals surface area contributed by atoms with Gasteiger partial charge in [0.25, 0.3) is 0 Å². The van der Waals surface area contributed by atoms with E-state index in [4.69, 9.17) is 0 Å². The van der Waals surface area contributed by atoms with Gasteiger partial charge in [-0.2, -0.15) is 0 Å². The fraction of sp³-hybridized carbons (Fsp3) is 0.826. The first kappa shape index (κ1) is 30.8. The first-order chi connectivity index (χ1) is 16.5. The molecule has 0 spiro atoms. The van der Waals surface area contributed by atoms with E-state index >= 15 is 0 Å². The Morgan fingerprint density at radius 2 is 1.00 bits per heavy atom. The molecule has 1 atom stereocenters. The summed E-state index contributed by atoms with van der Waals surface area (Å²) in [4.78, 5) is 52.9. The Morgan fingerprint density at radius 3 is 1.34 bits per heavy atom. The number of carbonyl (C=O) groups is 4. The second-order valence-electron chi connectivity index (χ2n) is 9.57. The van der Waals surface area contributed by atoms with Crippen LogP contribution in [-0.2, 0) is 19.2 Å². The van der Waals surface area contributed by atoms with Crippen LogP contribution >= 0.6 is 0 Å². The lowest BCUT2D eigenvalue weighted by atomic mass is 9.92. The molecule has 1 rings (SSSR count). The Kier molecular flexibility index (Phi) is 14.4. The molecule has 0 radical (unpaired) electrons. The highest BCUT2D eigenvalue weighted by Crippen LogP contribution is 2.18. The quantitative estimate of drug-likeness (QED) is 0.299. The Balaban J connectivity index is 3.19. The van der Waals surface area contributed by atoms with Crippen LogP contribution in [0, 0.1) is 11.8 Å². The summed E-state index contributed by atoms with van der Waals surface area (Å²) in [5.74, 6) is -3.51. The third kappa shape index (κ3) is 14.7. The number of carboxylic acids is 4. The van der Waals surface area contributed by atoms with Crippen LogP contribution in [0.15, 0.2) is 0 Å². The first-order valence-corrected chi connectivity index (χ1v) is 12.2. The molecule has 0 aliphatic carbocycles. The maximum absolute atomic E-state index is 11.5. The number of hydrogen-bond donors (Lipinski definition) is 4. The van der Waals surface area contributed by atoms with Gasteiger partial charge in [-0.15, -0.1) is 0 Å². The molecule has 0 saturated carbocycles. The van der Waals surface area contributed by atoms with Crippen molar-refractivity contribution in [3.05, 3.63) is 0 Å². The Hall–Kier alpha value is -2.28. The minimum Gasteiger partial charge on any atom is -0.480 e. The second-order valence-corrected chi connectivity index (χ2v) is 9.57. The first-order valence-electron chi connectivity index (χ1n) is 12.2. The molecule has 1 aliphatic heterocycles. The van der Waals surface area contributed by atoms with Crippen molar-refractivity contribution in [3.63, 3.8) is 0 Å². The van der Waals surface area contributed by atoms with E-state index in [9.17, 15) is 39.6 Å². The molecular formula is C23H42N4O8. The largest absolute Gasteiger partial charge is 0.480 e. The second kappa shape index (κ2) is 16.4. The van der Waals surface area contributed by atoms with Crippen molar-refractivity contribution in [2.75, 3.05) is 78.5 Å². The summed E-state index contributed by atoms with van der Waals surface area (Å²) in [5, 5.41) is 37.5. The summed E-state index contributed by atoms with van der Waals surface area (Å²) in [6.07, 6.45) is 2.27. The number of rotatable bonds is 11. The number of carboxylic acid groups (broad SMARTS) is 4. The zero-order valence-electron chi connectivity index (χ0n) is 21.0. The van der Waals surface area contributed by atoms with Crippen molar-refractivity contribution in [2.45, 2.75) is 33.1 Å². The van der Waals surface area contributed by atoms with E-state index in [0.29, 0.717) is 64.7 Å². The molecule has 0 aromatic carbocycles. The molecule has 0 aromatic rings. The topological polar surface area (TPSA) is 162 Å². The van der Waals surface area contributed by atoms with Crippen LogP contribution in [0.3, 0.4) is 0 Å². The van der Waals surface area contributed by atoms with Crippen molar-refractivity contribution in [1.82, 2.24) is 19.6 Å². The lowest BCUT2D eigenvalue weighted by Crippen LogP contribution is -2.47. The van der Waals surface area contributed by atoms with E-state index in [1.807, 2.05) is 9.80 Å². The Labute approximate surface area is 207 Å². The van der Waals surface area contributed by atoms with Crippen LogP contribution in [0.2, 0.25) is 0 Å². The van der Waals surface area contributed by atoms with Gasteiger partial charge in [-0.1, -0.05) is 20.3 Å². The summed E-state index contributed by atoms with van der Waals surface area (Å²) in [6, 6.07) is 0. The van der Waals surface area contributed by atoms with Gasteiger partial charge in [0.15, 0.2) is 0 Å². The fourth-order valence-corrected chi connectivity index (χ4v) is 4.53. The summed E-state index contributed by atoms with van der Waals surface area (Å²) >= 11 is 0. The van der Waals surface area contributed by atoms with E-state index in [2.05, 4.69) is 13.8 Å². The van der Waals surface area contributed by atoms with Gasteiger partial charge < -0.3 is 20.4 Å². The van der Waals surface area contributed by atoms with E-state index in [1.54, 1.807) is 9.80 Å². The standard InChI is InChI=1S/C23H42N4O8/c1-3-18(2)11-19-12-26(16-22(32)33)9-7-24(14-20(28)29)5-4-6-25(15-21(30)31)8-10-27(13-19)17-23(34)35/h18-19H,3-17H2,1-2H3,(H,28,29)(H,30,31)(H,32,33)(H,34,35). The van der Waals surface area contributed by atoms with Crippen LogP contribution < -0.4 is 0 Å². The smallest absolute Gasteiger partial charge is 0.317 e. The molecule has 35 heavy (non-hydrogen) atoms. The summed E-state index contributed by atoms with van der Waals surface area (Å²) in [6.45, 7) is 6.71. The van der Waals surface area contributed by atoms with Crippen LogP contribution in [0.5, 0.6) is 0 Å². The number of nitrogens with zero attached hydrogens (tertiary/aromatic N) is 4. The van der Waals surface area contributed by atoms with Gasteiger partial charge in [0, 0.05) is 52.4 Å². The molecule has 0 bridgehead atoms. The van der Waals surface area contributed by atoms with Gasteiger partial charge in [0.2, 0.25) is 0 Å². The lowest BCUT2D eigenvalue weighted by molar-refractivity contribution is -0.141. The van der Waals surface area contributed by atoms with Gasteiger partial charge in [0.05, 0.1) is 26.2 Å². The van der Waals surface area contributed by atoms with Gasteiger partial charge in [0.1, 0.15) is 0 Å². The predicted molar refractivity (Wildman–Crippen MR) is 128 cm³/mol. The summed E-state index contributed by atoms with van der Waals surface area (Å²) in [7, 11) is 0. The van der Waals surface area contributed by atoms with E-state index < -0.39 is 23.9 Å². The van der Waals surface area contributed by atoms with E-state index in [1.165, 1.54) is 0 Å². The van der Waals surface area contributed by atoms with Gasteiger partial charge in [-0.25, -0.2) is 0 Å². The van der Waals surface area contributed by atoms with Gasteiger partial charge in [-0.05, 0) is 24.7 Å². The molecule has 4 N–H and O–H groups in total. The monoisotopic (exact) mass is 502 g/mol. The maximum atomic E-state index is 11.5. The zero-order chi connectivity index (χ0) is 26.4. The minimum atomic E-state index is -0.975. The van der Waals surface area contributed by atoms with Crippen molar-refractivity contribution < 1.29 is 39.6 Å². The predicted octanol–water partition coefficient (Wildman–Crippen LogP) is -0.0111. The molecule has 0 aromatic heterocycles. The molecule has 1 saturated heterocycles. The average Bonchev–Trinajstić information content (AvgIpc) is 2.72. The molecule has 202 valence electrons. The van der Waals surface area contributed by atoms with E-state index in [-0.39, 0.29) is 32.1 Å².